The number of hydrogen-bond acceptors (Lipinski definition) is 6. The van der Waals surface area contributed by atoms with E-state index in [1.807, 2.05) is 6.07 Å². The Labute approximate surface area is 134 Å². The maximum absolute atomic E-state index is 12.1. The van der Waals surface area contributed by atoms with Gasteiger partial charge in [0, 0.05) is 13.6 Å². The average Bonchev–Trinajstić information content (AvgIpc) is 2.58. The van der Waals surface area contributed by atoms with Gasteiger partial charge in [-0.3, -0.25) is 4.79 Å². The maximum atomic E-state index is 12.1. The second kappa shape index (κ2) is 7.49. The predicted octanol–water partition coefficient (Wildman–Crippen LogP) is 1.13. The van der Waals surface area contributed by atoms with Crippen LogP contribution in [0.1, 0.15) is 13.3 Å². The van der Waals surface area contributed by atoms with Gasteiger partial charge in [0.15, 0.2) is 17.6 Å². The smallest absolute Gasteiger partial charge is 0.351 e. The van der Waals surface area contributed by atoms with Crippen LogP contribution in [0.3, 0.4) is 0 Å². The van der Waals surface area contributed by atoms with Crippen LogP contribution in [0.4, 0.5) is 0 Å². The minimum absolute atomic E-state index is 0.0288. The van der Waals surface area contributed by atoms with Gasteiger partial charge < -0.3 is 19.1 Å². The number of amides is 1. The van der Waals surface area contributed by atoms with E-state index in [0.717, 1.165) is 0 Å². The van der Waals surface area contributed by atoms with Gasteiger partial charge >= 0.3 is 5.97 Å². The molecular weight excluding hydrogens is 300 g/mol. The molecule has 2 atom stereocenters. The van der Waals surface area contributed by atoms with Crippen molar-refractivity contribution < 1.29 is 23.8 Å². The summed E-state index contributed by atoms with van der Waals surface area (Å²) in [7, 11) is 1.56. The van der Waals surface area contributed by atoms with Crippen molar-refractivity contribution in [1.29, 1.82) is 5.26 Å². The fourth-order valence-corrected chi connectivity index (χ4v) is 2.07. The highest BCUT2D eigenvalue weighted by atomic mass is 16.6. The van der Waals surface area contributed by atoms with Gasteiger partial charge in [0.25, 0.3) is 5.91 Å². The van der Waals surface area contributed by atoms with E-state index in [-0.39, 0.29) is 25.5 Å². The van der Waals surface area contributed by atoms with Gasteiger partial charge in [0.1, 0.15) is 6.61 Å². The number of nitrogens with zero attached hydrogens (tertiary/aromatic N) is 2. The van der Waals surface area contributed by atoms with Crippen LogP contribution in [0.15, 0.2) is 24.3 Å². The molecule has 0 saturated carbocycles. The molecule has 0 unspecified atom stereocenters. The van der Waals surface area contributed by atoms with Gasteiger partial charge in [-0.25, -0.2) is 4.79 Å². The molecule has 7 heteroatoms. The quantitative estimate of drug-likeness (QED) is 0.756. The Kier molecular flexibility index (Phi) is 5.41. The second-order valence-corrected chi connectivity index (χ2v) is 5.11. The van der Waals surface area contributed by atoms with Crippen molar-refractivity contribution in [3.63, 3.8) is 0 Å². The Morgan fingerprint density at radius 3 is 2.83 bits per heavy atom. The van der Waals surface area contributed by atoms with E-state index in [4.69, 9.17) is 19.5 Å². The summed E-state index contributed by atoms with van der Waals surface area (Å²) in [5.74, 6) is 0.00231. The number of nitriles is 1. The van der Waals surface area contributed by atoms with Crippen LogP contribution in [-0.4, -0.2) is 49.2 Å². The first-order valence-corrected chi connectivity index (χ1v) is 7.24. The molecule has 1 aliphatic rings. The Morgan fingerprint density at radius 1 is 1.43 bits per heavy atom. The van der Waals surface area contributed by atoms with Gasteiger partial charge in [0.2, 0.25) is 6.10 Å². The monoisotopic (exact) mass is 318 g/mol. The first kappa shape index (κ1) is 16.6. The van der Waals surface area contributed by atoms with Crippen molar-refractivity contribution >= 4 is 11.9 Å². The van der Waals surface area contributed by atoms with Crippen LogP contribution in [0.2, 0.25) is 0 Å². The molecule has 1 aromatic carbocycles. The minimum atomic E-state index is -0.952. The molecule has 1 heterocycles. The number of hydrogen-bond donors (Lipinski definition) is 0. The van der Waals surface area contributed by atoms with Crippen molar-refractivity contribution in [1.82, 2.24) is 4.90 Å². The summed E-state index contributed by atoms with van der Waals surface area (Å²) in [6.45, 7) is 1.80. The molecule has 0 saturated heterocycles. The number of esters is 1. The van der Waals surface area contributed by atoms with E-state index in [1.165, 1.54) is 11.8 Å². The average molecular weight is 318 g/mol. The van der Waals surface area contributed by atoms with E-state index in [9.17, 15) is 9.59 Å². The first-order valence-electron chi connectivity index (χ1n) is 7.24. The Bertz CT molecular complexity index is 625. The molecule has 1 amide bonds. The highest BCUT2D eigenvalue weighted by Gasteiger charge is 2.31. The number of carbonyl (C=O) groups is 2. The van der Waals surface area contributed by atoms with Crippen molar-refractivity contribution in [2.24, 2.45) is 0 Å². The van der Waals surface area contributed by atoms with Crippen LogP contribution in [0.25, 0.3) is 0 Å². The van der Waals surface area contributed by atoms with Gasteiger partial charge in [-0.1, -0.05) is 12.1 Å². The number of fused-ring (bicyclic) bond motifs is 1. The van der Waals surface area contributed by atoms with Crippen molar-refractivity contribution in [3.05, 3.63) is 24.3 Å². The van der Waals surface area contributed by atoms with Crippen LogP contribution in [-0.2, 0) is 14.3 Å². The SMILES string of the molecule is C[C@H](OC(=O)[C@H]1COc2ccccc2O1)C(=O)N(C)CCC#N. The summed E-state index contributed by atoms with van der Waals surface area (Å²) in [6.07, 6.45) is -1.64. The van der Waals surface area contributed by atoms with Gasteiger partial charge in [-0.2, -0.15) is 5.26 Å². The number of ether oxygens (including phenoxy) is 3. The first-order chi connectivity index (χ1) is 11.0. The summed E-state index contributed by atoms with van der Waals surface area (Å²) in [5.41, 5.74) is 0. The second-order valence-electron chi connectivity index (χ2n) is 5.11. The van der Waals surface area contributed by atoms with E-state index in [0.29, 0.717) is 11.5 Å². The van der Waals surface area contributed by atoms with Crippen molar-refractivity contribution in [2.75, 3.05) is 20.2 Å². The molecule has 0 aliphatic carbocycles. The van der Waals surface area contributed by atoms with E-state index >= 15 is 0 Å². The summed E-state index contributed by atoms with van der Waals surface area (Å²) >= 11 is 0. The summed E-state index contributed by atoms with van der Waals surface area (Å²) in [4.78, 5) is 25.5. The zero-order valence-corrected chi connectivity index (χ0v) is 13.0. The van der Waals surface area contributed by atoms with Crippen molar-refractivity contribution in [2.45, 2.75) is 25.6 Å². The molecule has 7 nitrogen and oxygen atoms in total. The highest BCUT2D eigenvalue weighted by Crippen LogP contribution is 2.31. The molecule has 23 heavy (non-hydrogen) atoms. The number of benzene rings is 1. The molecule has 122 valence electrons. The lowest BCUT2D eigenvalue weighted by molar-refractivity contribution is -0.166. The third-order valence-electron chi connectivity index (χ3n) is 3.35. The zero-order chi connectivity index (χ0) is 16.8. The fourth-order valence-electron chi connectivity index (χ4n) is 2.07. The standard InChI is InChI=1S/C16H18N2O5/c1-11(15(19)18(2)9-5-8-17)22-16(20)14-10-21-12-6-3-4-7-13(12)23-14/h3-4,6-7,11,14H,5,9-10H2,1-2H3/t11-,14+/m0/s1. The van der Waals surface area contributed by atoms with Gasteiger partial charge in [-0.05, 0) is 19.1 Å². The zero-order valence-electron chi connectivity index (χ0n) is 13.0. The Hall–Kier alpha value is -2.75. The normalized spacial score (nSPS) is 16.8. The maximum Gasteiger partial charge on any atom is 0.351 e. The van der Waals surface area contributed by atoms with E-state index < -0.39 is 18.2 Å². The van der Waals surface area contributed by atoms with E-state index in [1.54, 1.807) is 31.3 Å². The number of rotatable bonds is 5. The van der Waals surface area contributed by atoms with E-state index in [2.05, 4.69) is 0 Å². The molecular formula is C16H18N2O5. The molecule has 0 fully saturated rings. The summed E-state index contributed by atoms with van der Waals surface area (Å²) in [5, 5.41) is 8.53. The molecule has 0 N–H and O–H groups in total. The number of para-hydroxylation sites is 2. The molecule has 0 radical (unpaired) electrons. The lowest BCUT2D eigenvalue weighted by Gasteiger charge is -2.26. The minimum Gasteiger partial charge on any atom is -0.485 e. The van der Waals surface area contributed by atoms with Crippen LogP contribution < -0.4 is 9.47 Å². The fraction of sp³-hybridized carbons (Fsp3) is 0.438. The topological polar surface area (TPSA) is 88.9 Å². The molecule has 0 spiro atoms. The number of carbonyl (C=O) groups excluding carboxylic acids is 2. The third kappa shape index (κ3) is 4.13. The van der Waals surface area contributed by atoms with Crippen LogP contribution >= 0.6 is 0 Å². The van der Waals surface area contributed by atoms with Gasteiger partial charge in [-0.15, -0.1) is 0 Å². The third-order valence-corrected chi connectivity index (χ3v) is 3.35. The Balaban J connectivity index is 1.90. The molecule has 2 rings (SSSR count). The number of likely N-dealkylation sites (N-methyl/N-ethyl adjacent to an activating group) is 1. The van der Waals surface area contributed by atoms with Crippen LogP contribution in [0, 0.1) is 11.3 Å². The Morgan fingerprint density at radius 2 is 2.13 bits per heavy atom. The molecule has 1 aromatic rings. The molecule has 0 bridgehead atoms. The summed E-state index contributed by atoms with van der Waals surface area (Å²) < 4.78 is 16.1. The highest BCUT2D eigenvalue weighted by molar-refractivity contribution is 5.84. The van der Waals surface area contributed by atoms with Gasteiger partial charge in [0.05, 0.1) is 12.5 Å². The van der Waals surface area contributed by atoms with Crippen molar-refractivity contribution in [3.8, 4) is 17.6 Å². The largest absolute Gasteiger partial charge is 0.485 e. The summed E-state index contributed by atoms with van der Waals surface area (Å²) in [6, 6.07) is 8.97. The predicted molar refractivity (Wildman–Crippen MR) is 79.8 cm³/mol. The molecule has 1 aliphatic heterocycles. The lowest BCUT2D eigenvalue weighted by Crippen LogP contribution is -2.43. The lowest BCUT2D eigenvalue weighted by atomic mass is 10.2. The van der Waals surface area contributed by atoms with Crippen LogP contribution in [0.5, 0.6) is 11.5 Å². The molecule has 0 aromatic heterocycles.